The van der Waals surface area contributed by atoms with E-state index >= 15 is 0 Å². The molecule has 0 bridgehead atoms. The number of amides is 2. The number of carbonyl (C=O) groups is 2. The van der Waals surface area contributed by atoms with Gasteiger partial charge in [-0.05, 0) is 25.0 Å². The van der Waals surface area contributed by atoms with E-state index in [0.717, 1.165) is 0 Å². The molecule has 11 heteroatoms. The first kappa shape index (κ1) is 22.9. The van der Waals surface area contributed by atoms with Crippen LogP contribution in [-0.2, 0) is 24.3 Å². The number of methoxy groups -OCH3 is 2. The molecule has 29 heavy (non-hydrogen) atoms. The zero-order valence-electron chi connectivity index (χ0n) is 16.8. The minimum atomic E-state index is -3.93. The molecule has 0 aliphatic carbocycles. The second-order valence-corrected chi connectivity index (χ2v) is 8.17. The van der Waals surface area contributed by atoms with Gasteiger partial charge in [0.1, 0.15) is 6.23 Å². The van der Waals surface area contributed by atoms with Crippen LogP contribution in [-0.4, -0.2) is 71.2 Å². The van der Waals surface area contributed by atoms with Crippen molar-refractivity contribution in [2.75, 3.05) is 40.5 Å². The number of benzene rings is 1. The third kappa shape index (κ3) is 5.58. The average molecular weight is 429 g/mol. The Bertz CT molecular complexity index is 829. The van der Waals surface area contributed by atoms with Gasteiger partial charge in [-0.1, -0.05) is 6.92 Å². The molecule has 0 unspecified atom stereocenters. The first-order valence-electron chi connectivity index (χ1n) is 9.26. The number of sulfonamides is 1. The van der Waals surface area contributed by atoms with Crippen molar-refractivity contribution in [2.24, 2.45) is 0 Å². The SMILES string of the molecule is CCCNC(=O)C(=O)NC[C@@H]1OCCCN1S(=O)(=O)c1ccc(OC)c(OC)c1. The van der Waals surface area contributed by atoms with Gasteiger partial charge in [0, 0.05) is 19.2 Å². The molecule has 0 radical (unpaired) electrons. The summed E-state index contributed by atoms with van der Waals surface area (Å²) >= 11 is 0. The lowest BCUT2D eigenvalue weighted by Gasteiger charge is -2.34. The molecule has 2 N–H and O–H groups in total. The maximum Gasteiger partial charge on any atom is 0.309 e. The van der Waals surface area contributed by atoms with E-state index in [1.807, 2.05) is 6.92 Å². The summed E-state index contributed by atoms with van der Waals surface area (Å²) < 4.78 is 43.3. The Morgan fingerprint density at radius 3 is 2.52 bits per heavy atom. The molecule has 1 aliphatic rings. The third-order valence-corrected chi connectivity index (χ3v) is 6.18. The van der Waals surface area contributed by atoms with Gasteiger partial charge in [-0.2, -0.15) is 4.31 Å². The van der Waals surface area contributed by atoms with E-state index in [0.29, 0.717) is 31.7 Å². The van der Waals surface area contributed by atoms with Gasteiger partial charge in [-0.25, -0.2) is 8.42 Å². The van der Waals surface area contributed by atoms with Crippen LogP contribution >= 0.6 is 0 Å². The largest absolute Gasteiger partial charge is 0.493 e. The van der Waals surface area contributed by atoms with Gasteiger partial charge in [0.05, 0.1) is 32.3 Å². The van der Waals surface area contributed by atoms with Crippen molar-refractivity contribution in [2.45, 2.75) is 30.9 Å². The Morgan fingerprint density at radius 1 is 1.17 bits per heavy atom. The van der Waals surface area contributed by atoms with E-state index in [-0.39, 0.29) is 23.7 Å². The number of ether oxygens (including phenoxy) is 3. The van der Waals surface area contributed by atoms with Crippen molar-refractivity contribution >= 4 is 21.8 Å². The molecule has 0 spiro atoms. The molecular weight excluding hydrogens is 402 g/mol. The molecule has 2 rings (SSSR count). The molecule has 2 amide bonds. The predicted octanol–water partition coefficient (Wildman–Crippen LogP) is 0.0833. The Kier molecular flexibility index (Phi) is 8.23. The van der Waals surface area contributed by atoms with Crippen LogP contribution in [0.1, 0.15) is 19.8 Å². The van der Waals surface area contributed by atoms with Gasteiger partial charge < -0.3 is 24.8 Å². The summed E-state index contributed by atoms with van der Waals surface area (Å²) in [5, 5.41) is 4.89. The Morgan fingerprint density at radius 2 is 1.86 bits per heavy atom. The zero-order valence-corrected chi connectivity index (χ0v) is 17.6. The number of rotatable bonds is 8. The van der Waals surface area contributed by atoms with Crippen LogP contribution in [0.4, 0.5) is 0 Å². The topological polar surface area (TPSA) is 123 Å². The number of nitrogens with zero attached hydrogens (tertiary/aromatic N) is 1. The smallest absolute Gasteiger partial charge is 0.309 e. The standard InChI is InChI=1S/C18H27N3O7S/c1-4-8-19-17(22)18(23)20-12-16-21(9-5-10-28-16)29(24,25)13-6-7-14(26-2)15(11-13)27-3/h6-7,11,16H,4-5,8-10,12H2,1-3H3,(H,19,22)(H,20,23)/t16-/m0/s1. The molecule has 0 aromatic heterocycles. The summed E-state index contributed by atoms with van der Waals surface area (Å²) in [7, 11) is -1.06. The van der Waals surface area contributed by atoms with E-state index in [9.17, 15) is 18.0 Å². The van der Waals surface area contributed by atoms with Crippen molar-refractivity contribution in [3.8, 4) is 11.5 Å². The van der Waals surface area contributed by atoms with E-state index < -0.39 is 28.1 Å². The van der Waals surface area contributed by atoms with Crippen molar-refractivity contribution in [1.82, 2.24) is 14.9 Å². The number of carbonyl (C=O) groups excluding carboxylic acids is 2. The Balaban J connectivity index is 2.15. The third-order valence-electron chi connectivity index (χ3n) is 4.29. The molecule has 1 heterocycles. The highest BCUT2D eigenvalue weighted by Crippen LogP contribution is 2.31. The van der Waals surface area contributed by atoms with Gasteiger partial charge in [0.2, 0.25) is 10.0 Å². The van der Waals surface area contributed by atoms with E-state index in [1.54, 1.807) is 0 Å². The van der Waals surface area contributed by atoms with Crippen molar-refractivity contribution in [3.63, 3.8) is 0 Å². The maximum absolute atomic E-state index is 13.1. The molecule has 1 aliphatic heterocycles. The number of hydrogen-bond donors (Lipinski definition) is 2. The average Bonchev–Trinajstić information content (AvgIpc) is 2.75. The van der Waals surface area contributed by atoms with Gasteiger partial charge in [0.15, 0.2) is 11.5 Å². The fourth-order valence-electron chi connectivity index (χ4n) is 2.79. The molecular formula is C18H27N3O7S. The van der Waals surface area contributed by atoms with Gasteiger partial charge in [-0.15, -0.1) is 0 Å². The summed E-state index contributed by atoms with van der Waals surface area (Å²) in [5.41, 5.74) is 0. The lowest BCUT2D eigenvalue weighted by molar-refractivity contribution is -0.140. The summed E-state index contributed by atoms with van der Waals surface area (Å²) in [6, 6.07) is 4.29. The molecule has 1 fully saturated rings. The van der Waals surface area contributed by atoms with Crippen molar-refractivity contribution < 1.29 is 32.2 Å². The summed E-state index contributed by atoms with van der Waals surface area (Å²) in [4.78, 5) is 23.6. The van der Waals surface area contributed by atoms with Crippen LogP contribution in [0.2, 0.25) is 0 Å². The van der Waals surface area contributed by atoms with Crippen molar-refractivity contribution in [1.29, 1.82) is 0 Å². The molecule has 1 aromatic carbocycles. The Hall–Kier alpha value is -2.37. The Labute approximate surface area is 170 Å². The highest BCUT2D eigenvalue weighted by Gasteiger charge is 2.35. The summed E-state index contributed by atoms with van der Waals surface area (Å²) in [6.07, 6.45) is 0.278. The molecule has 1 aromatic rings. The lowest BCUT2D eigenvalue weighted by atomic mass is 10.3. The molecule has 162 valence electrons. The van der Waals surface area contributed by atoms with Crippen LogP contribution in [0.5, 0.6) is 11.5 Å². The van der Waals surface area contributed by atoms with Crippen molar-refractivity contribution in [3.05, 3.63) is 18.2 Å². The van der Waals surface area contributed by atoms with Crippen LogP contribution < -0.4 is 20.1 Å². The lowest BCUT2D eigenvalue weighted by Crippen LogP contribution is -2.53. The highest BCUT2D eigenvalue weighted by atomic mass is 32.2. The minimum Gasteiger partial charge on any atom is -0.493 e. The first-order chi connectivity index (χ1) is 13.8. The van der Waals surface area contributed by atoms with Gasteiger partial charge >= 0.3 is 11.8 Å². The second-order valence-electron chi connectivity index (χ2n) is 6.28. The van der Waals surface area contributed by atoms with E-state index in [1.165, 1.54) is 36.7 Å². The monoisotopic (exact) mass is 429 g/mol. The van der Waals surface area contributed by atoms with Crippen LogP contribution in [0, 0.1) is 0 Å². The molecule has 1 atom stereocenters. The van der Waals surface area contributed by atoms with Gasteiger partial charge in [-0.3, -0.25) is 9.59 Å². The highest BCUT2D eigenvalue weighted by molar-refractivity contribution is 7.89. The quantitative estimate of drug-likeness (QED) is 0.561. The zero-order chi connectivity index (χ0) is 21.4. The number of hydrogen-bond acceptors (Lipinski definition) is 7. The predicted molar refractivity (Wildman–Crippen MR) is 104 cm³/mol. The summed E-state index contributed by atoms with van der Waals surface area (Å²) in [5.74, 6) is -0.916. The molecule has 0 saturated carbocycles. The maximum atomic E-state index is 13.1. The molecule has 10 nitrogen and oxygen atoms in total. The minimum absolute atomic E-state index is 0.0117. The van der Waals surface area contributed by atoms with Gasteiger partial charge in [0.25, 0.3) is 0 Å². The normalized spacial score (nSPS) is 17.4. The fourth-order valence-corrected chi connectivity index (χ4v) is 4.38. The van der Waals surface area contributed by atoms with Crippen LogP contribution in [0.3, 0.4) is 0 Å². The van der Waals surface area contributed by atoms with E-state index in [2.05, 4.69) is 10.6 Å². The fraction of sp³-hybridized carbons (Fsp3) is 0.556. The first-order valence-corrected chi connectivity index (χ1v) is 10.7. The second kappa shape index (κ2) is 10.4. The van der Waals surface area contributed by atoms with E-state index in [4.69, 9.17) is 14.2 Å². The van der Waals surface area contributed by atoms with Crippen LogP contribution in [0.15, 0.2) is 23.1 Å². The molecule has 1 saturated heterocycles. The summed E-state index contributed by atoms with van der Waals surface area (Å²) in [6.45, 7) is 2.67. The number of nitrogens with one attached hydrogen (secondary N) is 2. The van der Waals surface area contributed by atoms with Crippen LogP contribution in [0.25, 0.3) is 0 Å².